The molecule has 2 N–H and O–H groups in total. The average molecular weight is 223 g/mol. The van der Waals surface area contributed by atoms with Crippen molar-refractivity contribution in [1.29, 1.82) is 0 Å². The van der Waals surface area contributed by atoms with Crippen molar-refractivity contribution in [3.8, 4) is 0 Å². The van der Waals surface area contributed by atoms with E-state index in [9.17, 15) is 4.79 Å². The molecule has 2 rings (SSSR count). The Balaban J connectivity index is 1.83. The molecule has 0 saturated carbocycles. The molecule has 0 radical (unpaired) electrons. The van der Waals surface area contributed by atoms with E-state index in [2.05, 4.69) is 15.6 Å². The van der Waals surface area contributed by atoms with E-state index in [0.29, 0.717) is 24.6 Å². The van der Waals surface area contributed by atoms with Gasteiger partial charge in [-0.2, -0.15) is 0 Å². The van der Waals surface area contributed by atoms with E-state index in [1.165, 1.54) is 6.07 Å². The molecule has 2 heterocycles. The molecule has 0 fully saturated rings. The van der Waals surface area contributed by atoms with E-state index in [1.54, 1.807) is 12.3 Å². The number of aromatic carboxylic acids is 1. The molecule has 0 bridgehead atoms. The first kappa shape index (κ1) is 10.4. The Morgan fingerprint density at radius 2 is 2.19 bits per heavy atom. The van der Waals surface area contributed by atoms with E-state index in [4.69, 9.17) is 14.2 Å². The highest BCUT2D eigenvalue weighted by Crippen LogP contribution is 2.03. The molecule has 84 valence electrons. The summed E-state index contributed by atoms with van der Waals surface area (Å²) in [5.74, 6) is 0.0418. The van der Waals surface area contributed by atoms with Gasteiger partial charge in [0.1, 0.15) is 5.76 Å². The smallest absolute Gasteiger partial charge is 0.358 e. The Morgan fingerprint density at radius 3 is 2.81 bits per heavy atom. The minimum Gasteiger partial charge on any atom is -0.476 e. The van der Waals surface area contributed by atoms with Gasteiger partial charge in [-0.25, -0.2) is 4.79 Å². The third kappa shape index (κ3) is 2.45. The van der Waals surface area contributed by atoms with Crippen molar-refractivity contribution in [2.75, 3.05) is 0 Å². The van der Waals surface area contributed by atoms with Gasteiger partial charge in [0, 0.05) is 12.1 Å². The molecule has 0 aliphatic rings. The number of hydrogen-bond donors (Lipinski definition) is 2. The van der Waals surface area contributed by atoms with E-state index in [1.807, 2.05) is 0 Å². The van der Waals surface area contributed by atoms with Gasteiger partial charge in [-0.15, -0.1) is 0 Å². The zero-order valence-electron chi connectivity index (χ0n) is 8.21. The molecule has 16 heavy (non-hydrogen) atoms. The quantitative estimate of drug-likeness (QED) is 0.767. The van der Waals surface area contributed by atoms with Gasteiger partial charge in [0.15, 0.2) is 11.5 Å². The van der Waals surface area contributed by atoms with Crippen LogP contribution in [0.2, 0.25) is 0 Å². The lowest BCUT2D eigenvalue weighted by Crippen LogP contribution is -2.11. The predicted molar refractivity (Wildman–Crippen MR) is 50.5 cm³/mol. The van der Waals surface area contributed by atoms with Crippen molar-refractivity contribution < 1.29 is 18.9 Å². The molecule has 0 unspecified atom stereocenters. The van der Waals surface area contributed by atoms with Crippen LogP contribution in [0.1, 0.15) is 22.0 Å². The Kier molecular flexibility index (Phi) is 2.97. The average Bonchev–Trinajstić information content (AvgIpc) is 2.87. The normalized spacial score (nSPS) is 10.5. The minimum atomic E-state index is -1.11. The van der Waals surface area contributed by atoms with Gasteiger partial charge in [-0.05, 0) is 0 Å². The molecular weight excluding hydrogens is 214 g/mol. The highest BCUT2D eigenvalue weighted by molar-refractivity contribution is 5.85. The van der Waals surface area contributed by atoms with Crippen LogP contribution >= 0.6 is 0 Å². The lowest BCUT2D eigenvalue weighted by molar-refractivity contribution is 0.0685. The lowest BCUT2D eigenvalue weighted by atomic mass is 10.3. The fraction of sp³-hybridized carbons (Fsp3) is 0.222. The van der Waals surface area contributed by atoms with Crippen LogP contribution in [-0.4, -0.2) is 21.4 Å². The molecule has 0 amide bonds. The first-order chi connectivity index (χ1) is 7.75. The summed E-state index contributed by atoms with van der Waals surface area (Å²) >= 11 is 0. The van der Waals surface area contributed by atoms with Gasteiger partial charge in [-0.1, -0.05) is 10.3 Å². The number of rotatable bonds is 5. The maximum atomic E-state index is 10.5. The third-order valence-electron chi connectivity index (χ3n) is 1.87. The molecule has 0 aliphatic carbocycles. The van der Waals surface area contributed by atoms with Gasteiger partial charge >= 0.3 is 5.97 Å². The lowest BCUT2D eigenvalue weighted by Gasteiger charge is -1.96. The molecule has 2 aromatic rings. The van der Waals surface area contributed by atoms with Crippen molar-refractivity contribution in [2.24, 2.45) is 0 Å². The monoisotopic (exact) mass is 223 g/mol. The van der Waals surface area contributed by atoms with Crippen LogP contribution < -0.4 is 5.32 Å². The summed E-state index contributed by atoms with van der Waals surface area (Å²) in [4.78, 5) is 10.5. The van der Waals surface area contributed by atoms with E-state index >= 15 is 0 Å². The predicted octanol–water partition coefficient (Wildman–Crippen LogP) is 0.651. The summed E-state index contributed by atoms with van der Waals surface area (Å²) in [7, 11) is 0. The highest BCUT2D eigenvalue weighted by atomic mass is 16.5. The largest absolute Gasteiger partial charge is 0.476 e. The summed E-state index contributed by atoms with van der Waals surface area (Å²) in [6.45, 7) is 0.865. The molecule has 2 aromatic heterocycles. The standard InChI is InChI=1S/C9H9N3O4/c13-9(14)8-3-7(16-12-8)5-10-4-6-1-2-11-15-6/h1-3,10H,4-5H2,(H,13,14). The molecule has 0 spiro atoms. The first-order valence-electron chi connectivity index (χ1n) is 4.55. The van der Waals surface area contributed by atoms with Crippen LogP contribution in [0.25, 0.3) is 0 Å². The number of carboxylic acids is 1. The number of hydrogen-bond acceptors (Lipinski definition) is 6. The Morgan fingerprint density at radius 1 is 1.38 bits per heavy atom. The van der Waals surface area contributed by atoms with E-state index in [-0.39, 0.29) is 5.69 Å². The Hall–Kier alpha value is -2.15. The third-order valence-corrected chi connectivity index (χ3v) is 1.87. The highest BCUT2D eigenvalue weighted by Gasteiger charge is 2.10. The van der Waals surface area contributed by atoms with E-state index in [0.717, 1.165) is 0 Å². The minimum absolute atomic E-state index is 0.100. The van der Waals surface area contributed by atoms with Crippen LogP contribution in [0.4, 0.5) is 0 Å². The van der Waals surface area contributed by atoms with Crippen molar-refractivity contribution >= 4 is 5.97 Å². The van der Waals surface area contributed by atoms with Gasteiger partial charge in [-0.3, -0.25) is 0 Å². The maximum Gasteiger partial charge on any atom is 0.358 e. The molecule has 0 atom stereocenters. The fourth-order valence-corrected chi connectivity index (χ4v) is 1.14. The number of carbonyl (C=O) groups is 1. The number of nitrogens with zero attached hydrogens (tertiary/aromatic N) is 2. The summed E-state index contributed by atoms with van der Waals surface area (Å²) in [5, 5.41) is 18.5. The molecule has 0 aliphatic heterocycles. The maximum absolute atomic E-state index is 10.5. The molecular formula is C9H9N3O4. The van der Waals surface area contributed by atoms with Crippen LogP contribution in [-0.2, 0) is 13.1 Å². The molecule has 7 nitrogen and oxygen atoms in total. The second kappa shape index (κ2) is 4.58. The zero-order chi connectivity index (χ0) is 11.4. The van der Waals surface area contributed by atoms with Crippen molar-refractivity contribution in [3.63, 3.8) is 0 Å². The van der Waals surface area contributed by atoms with Crippen molar-refractivity contribution in [2.45, 2.75) is 13.1 Å². The summed E-state index contributed by atoms with van der Waals surface area (Å²) < 4.78 is 9.67. The van der Waals surface area contributed by atoms with Crippen LogP contribution in [0.5, 0.6) is 0 Å². The summed E-state index contributed by atoms with van der Waals surface area (Å²) in [6.07, 6.45) is 1.55. The van der Waals surface area contributed by atoms with Gasteiger partial charge in [0.2, 0.25) is 0 Å². The van der Waals surface area contributed by atoms with Gasteiger partial charge < -0.3 is 19.5 Å². The Bertz CT molecular complexity index is 463. The molecule has 0 aromatic carbocycles. The van der Waals surface area contributed by atoms with Crippen molar-refractivity contribution in [3.05, 3.63) is 35.5 Å². The first-order valence-corrected chi connectivity index (χ1v) is 4.55. The summed E-state index contributed by atoms with van der Waals surface area (Å²) in [5.41, 5.74) is -0.100. The second-order valence-corrected chi connectivity index (χ2v) is 3.07. The van der Waals surface area contributed by atoms with Gasteiger partial charge in [0.05, 0.1) is 19.3 Å². The topological polar surface area (TPSA) is 101 Å². The van der Waals surface area contributed by atoms with Crippen LogP contribution in [0.3, 0.4) is 0 Å². The van der Waals surface area contributed by atoms with Crippen LogP contribution in [0, 0.1) is 0 Å². The number of carboxylic acid groups (broad SMARTS) is 1. The summed E-state index contributed by atoms with van der Waals surface area (Å²) in [6, 6.07) is 3.10. The Labute approximate surface area is 90.0 Å². The van der Waals surface area contributed by atoms with Crippen molar-refractivity contribution in [1.82, 2.24) is 15.6 Å². The van der Waals surface area contributed by atoms with E-state index < -0.39 is 5.97 Å². The van der Waals surface area contributed by atoms with Gasteiger partial charge in [0.25, 0.3) is 0 Å². The van der Waals surface area contributed by atoms with Crippen LogP contribution in [0.15, 0.2) is 27.4 Å². The fourth-order valence-electron chi connectivity index (χ4n) is 1.14. The SMILES string of the molecule is O=C(O)c1cc(CNCc2ccno2)on1. The molecule has 7 heteroatoms. The number of aromatic nitrogens is 2. The second-order valence-electron chi connectivity index (χ2n) is 3.07. The number of nitrogens with one attached hydrogen (secondary N) is 1. The molecule has 0 saturated heterocycles. The zero-order valence-corrected chi connectivity index (χ0v) is 8.21.